The fraction of sp³-hybridized carbons (Fsp3) is 0.125. The first-order chi connectivity index (χ1) is 23.9. The fourth-order valence-corrected chi connectivity index (χ4v) is 6.33. The van der Waals surface area contributed by atoms with Gasteiger partial charge in [-0.05, 0) is 86.7 Å². The van der Waals surface area contributed by atoms with E-state index < -0.39 is 11.8 Å². The predicted octanol–water partition coefficient (Wildman–Crippen LogP) is 8.35. The Morgan fingerprint density at radius 3 is 2.20 bits per heavy atom. The van der Waals surface area contributed by atoms with Crippen molar-refractivity contribution < 1.29 is 19.1 Å². The van der Waals surface area contributed by atoms with Gasteiger partial charge in [0, 0.05) is 55.7 Å². The summed E-state index contributed by atoms with van der Waals surface area (Å²) < 4.78 is 8.00. The lowest BCUT2D eigenvalue weighted by Gasteiger charge is -2.13. The number of aryl methyl sites for hydroxylation is 1. The Bertz CT molecular complexity index is 2160. The van der Waals surface area contributed by atoms with Gasteiger partial charge in [0.05, 0.1) is 12.4 Å². The van der Waals surface area contributed by atoms with Crippen LogP contribution in [-0.4, -0.2) is 34.6 Å². The number of thioether (sulfide) groups is 1. The zero-order valence-electron chi connectivity index (χ0n) is 27.2. The van der Waals surface area contributed by atoms with Crippen LogP contribution in [0.1, 0.15) is 29.8 Å². The summed E-state index contributed by atoms with van der Waals surface area (Å²) in [4.78, 5) is 40.3. The van der Waals surface area contributed by atoms with E-state index in [1.165, 1.54) is 17.3 Å². The molecule has 246 valence electrons. The molecule has 0 bridgehead atoms. The van der Waals surface area contributed by atoms with Crippen LogP contribution >= 0.6 is 11.8 Å². The van der Waals surface area contributed by atoms with Crippen LogP contribution in [-0.2, 0) is 16.1 Å². The number of nitrogens with one attached hydrogen (secondary N) is 3. The molecular weight excluding hydrogens is 633 g/mol. The number of aromatic nitrogens is 1. The highest BCUT2D eigenvalue weighted by atomic mass is 32.2. The Morgan fingerprint density at radius 2 is 1.43 bits per heavy atom. The van der Waals surface area contributed by atoms with Crippen LogP contribution in [0.4, 0.5) is 11.4 Å². The van der Waals surface area contributed by atoms with E-state index in [-0.39, 0.29) is 17.4 Å². The van der Waals surface area contributed by atoms with Crippen molar-refractivity contribution in [3.8, 4) is 5.75 Å². The lowest BCUT2D eigenvalue weighted by Crippen LogP contribution is -2.30. The van der Waals surface area contributed by atoms with Crippen LogP contribution in [0.5, 0.6) is 5.75 Å². The number of benzene rings is 5. The predicted molar refractivity (Wildman–Crippen MR) is 199 cm³/mol. The molecule has 0 aliphatic heterocycles. The Hall–Kier alpha value is -5.80. The lowest BCUT2D eigenvalue weighted by molar-refractivity contribution is -0.114. The molecule has 0 unspecified atom stereocenters. The van der Waals surface area contributed by atoms with Gasteiger partial charge in [-0.3, -0.25) is 14.4 Å². The molecule has 0 saturated carbocycles. The lowest BCUT2D eigenvalue weighted by atomic mass is 10.1. The minimum absolute atomic E-state index is 0.0635. The zero-order valence-corrected chi connectivity index (χ0v) is 28.1. The van der Waals surface area contributed by atoms with Gasteiger partial charge in [0.25, 0.3) is 11.8 Å². The van der Waals surface area contributed by atoms with Crippen LogP contribution in [0.3, 0.4) is 0 Å². The van der Waals surface area contributed by atoms with Crippen molar-refractivity contribution in [1.29, 1.82) is 0 Å². The summed E-state index contributed by atoms with van der Waals surface area (Å²) >= 11 is 1.40. The molecule has 3 amide bonds. The molecule has 0 fully saturated rings. The first-order valence-corrected chi connectivity index (χ1v) is 17.1. The molecule has 0 aliphatic carbocycles. The molecule has 9 heteroatoms. The molecule has 1 aromatic heterocycles. The van der Waals surface area contributed by atoms with E-state index in [2.05, 4.69) is 45.6 Å². The van der Waals surface area contributed by atoms with Gasteiger partial charge in [-0.2, -0.15) is 0 Å². The van der Waals surface area contributed by atoms with E-state index in [0.29, 0.717) is 29.2 Å². The SMILES string of the molecule is CCOc1ccccc1/C=C(\NC(=O)c1ccccc1)C(=O)Nc1ccc(SCC(=O)Nc2ccc3c(c2)c2ccccc2n3CC)cc1. The molecule has 1 heterocycles. The van der Waals surface area contributed by atoms with Crippen LogP contribution in [0.15, 0.2) is 132 Å². The quantitative estimate of drug-likeness (QED) is 0.0899. The second kappa shape index (κ2) is 15.4. The molecule has 0 spiro atoms. The summed E-state index contributed by atoms with van der Waals surface area (Å²) in [5, 5.41) is 10.9. The average Bonchev–Trinajstić information content (AvgIpc) is 3.45. The van der Waals surface area contributed by atoms with E-state index in [4.69, 9.17) is 4.74 Å². The van der Waals surface area contributed by atoms with Crippen LogP contribution in [0, 0.1) is 0 Å². The Labute approximate surface area is 289 Å². The Kier molecular flexibility index (Phi) is 10.4. The number of anilines is 2. The third-order valence-electron chi connectivity index (χ3n) is 7.90. The monoisotopic (exact) mass is 668 g/mol. The van der Waals surface area contributed by atoms with Crippen molar-refractivity contribution in [2.75, 3.05) is 23.0 Å². The largest absolute Gasteiger partial charge is 0.493 e. The van der Waals surface area contributed by atoms with Gasteiger partial charge in [-0.25, -0.2) is 0 Å². The number of amides is 3. The molecule has 0 aliphatic rings. The Morgan fingerprint density at radius 1 is 0.735 bits per heavy atom. The maximum absolute atomic E-state index is 13.5. The number of hydrogen-bond acceptors (Lipinski definition) is 5. The van der Waals surface area contributed by atoms with Crippen molar-refractivity contribution in [2.45, 2.75) is 25.3 Å². The first-order valence-electron chi connectivity index (χ1n) is 16.1. The van der Waals surface area contributed by atoms with Crippen molar-refractivity contribution in [1.82, 2.24) is 9.88 Å². The number of ether oxygens (including phenoxy) is 1. The molecule has 0 atom stereocenters. The third kappa shape index (κ3) is 7.85. The standard InChI is InChI=1S/C40H36N4O4S/c1-3-44-35-16-10-9-15-32(35)33-25-30(20-23-36(33)44)41-38(45)26-49-31-21-18-29(19-22-31)42-40(47)34(43-39(46)27-12-6-5-7-13-27)24-28-14-8-11-17-37(28)48-4-2/h5-25H,3-4,26H2,1-2H3,(H,41,45)(H,42,47)(H,43,46)/b34-24-. The number of carbonyl (C=O) groups is 3. The highest BCUT2D eigenvalue weighted by Crippen LogP contribution is 2.31. The van der Waals surface area contributed by atoms with Crippen LogP contribution < -0.4 is 20.7 Å². The molecule has 6 aromatic rings. The maximum atomic E-state index is 13.5. The van der Waals surface area contributed by atoms with Crippen LogP contribution in [0.25, 0.3) is 27.9 Å². The summed E-state index contributed by atoms with van der Waals surface area (Å²) in [5.41, 5.74) is 4.75. The van der Waals surface area contributed by atoms with Gasteiger partial charge in [0.15, 0.2) is 0 Å². The second-order valence-electron chi connectivity index (χ2n) is 11.2. The number of carbonyl (C=O) groups excluding carboxylic acids is 3. The first kappa shape index (κ1) is 33.1. The zero-order chi connectivity index (χ0) is 34.2. The summed E-state index contributed by atoms with van der Waals surface area (Å²) in [5.74, 6) is -0.197. The van der Waals surface area contributed by atoms with Crippen molar-refractivity contribution in [3.05, 3.63) is 138 Å². The second-order valence-corrected chi connectivity index (χ2v) is 12.2. The molecule has 0 radical (unpaired) electrons. The number of fused-ring (bicyclic) bond motifs is 3. The van der Waals surface area contributed by atoms with Gasteiger partial charge in [-0.1, -0.05) is 54.6 Å². The van der Waals surface area contributed by atoms with Crippen molar-refractivity contribution in [3.63, 3.8) is 0 Å². The van der Waals surface area contributed by atoms with E-state index in [1.807, 2.05) is 73.7 Å². The highest BCUT2D eigenvalue weighted by Gasteiger charge is 2.17. The average molecular weight is 669 g/mol. The molecular formula is C40H36N4O4S. The summed E-state index contributed by atoms with van der Waals surface area (Å²) in [7, 11) is 0. The van der Waals surface area contributed by atoms with E-state index in [9.17, 15) is 14.4 Å². The number of rotatable bonds is 12. The van der Waals surface area contributed by atoms with E-state index >= 15 is 0 Å². The molecule has 49 heavy (non-hydrogen) atoms. The van der Waals surface area contributed by atoms with E-state index in [0.717, 1.165) is 33.4 Å². The minimum atomic E-state index is -0.491. The molecule has 8 nitrogen and oxygen atoms in total. The van der Waals surface area contributed by atoms with Crippen molar-refractivity contribution >= 4 is 68.7 Å². The smallest absolute Gasteiger partial charge is 0.272 e. The third-order valence-corrected chi connectivity index (χ3v) is 8.91. The van der Waals surface area contributed by atoms with Crippen molar-refractivity contribution in [2.24, 2.45) is 0 Å². The van der Waals surface area contributed by atoms with E-state index in [1.54, 1.807) is 42.5 Å². The summed E-state index contributed by atoms with van der Waals surface area (Å²) in [6, 6.07) is 37.6. The fourth-order valence-electron chi connectivity index (χ4n) is 5.64. The molecule has 0 saturated heterocycles. The number of hydrogen-bond donors (Lipinski definition) is 3. The van der Waals surface area contributed by atoms with Crippen LogP contribution in [0.2, 0.25) is 0 Å². The summed E-state index contributed by atoms with van der Waals surface area (Å²) in [6.45, 7) is 5.33. The highest BCUT2D eigenvalue weighted by molar-refractivity contribution is 8.00. The topological polar surface area (TPSA) is 101 Å². The molecule has 3 N–H and O–H groups in total. The summed E-state index contributed by atoms with van der Waals surface area (Å²) in [6.07, 6.45) is 1.60. The molecule has 6 rings (SSSR count). The van der Waals surface area contributed by atoms with Gasteiger partial charge in [0.1, 0.15) is 11.4 Å². The van der Waals surface area contributed by atoms with Gasteiger partial charge in [0.2, 0.25) is 5.91 Å². The maximum Gasteiger partial charge on any atom is 0.272 e. The number of nitrogens with zero attached hydrogens (tertiary/aromatic N) is 1. The normalized spacial score (nSPS) is 11.3. The minimum Gasteiger partial charge on any atom is -0.493 e. The van der Waals surface area contributed by atoms with Gasteiger partial charge < -0.3 is 25.3 Å². The van der Waals surface area contributed by atoms with Gasteiger partial charge in [-0.15, -0.1) is 11.8 Å². The Balaban J connectivity index is 1.11. The molecule has 5 aromatic carbocycles. The number of para-hydroxylation sites is 2. The van der Waals surface area contributed by atoms with Gasteiger partial charge >= 0.3 is 0 Å².